The maximum absolute atomic E-state index is 4.39. The maximum Gasteiger partial charge on any atom is 0.109 e. The van der Waals surface area contributed by atoms with E-state index in [9.17, 15) is 0 Å². The predicted molar refractivity (Wildman–Crippen MR) is 67.9 cm³/mol. The quantitative estimate of drug-likeness (QED) is 0.833. The van der Waals surface area contributed by atoms with E-state index in [1.54, 1.807) is 0 Å². The molecule has 94 valence electrons. The van der Waals surface area contributed by atoms with Gasteiger partial charge in [-0.2, -0.15) is 0 Å². The summed E-state index contributed by atoms with van der Waals surface area (Å²) in [6.45, 7) is 4.88. The third kappa shape index (κ3) is 2.38. The fourth-order valence-corrected chi connectivity index (χ4v) is 3.21. The van der Waals surface area contributed by atoms with Gasteiger partial charge in [-0.1, -0.05) is 0 Å². The van der Waals surface area contributed by atoms with Crippen molar-refractivity contribution in [1.82, 2.24) is 19.8 Å². The van der Waals surface area contributed by atoms with E-state index in [1.807, 2.05) is 12.4 Å². The Hall–Kier alpha value is -0.870. The summed E-state index contributed by atoms with van der Waals surface area (Å²) in [5, 5.41) is 3.65. The number of fused-ring (bicyclic) bond motifs is 1. The molecule has 4 heteroatoms. The minimum absolute atomic E-state index is 0.755. The van der Waals surface area contributed by atoms with Crippen LogP contribution in [0.4, 0.5) is 0 Å². The molecule has 0 saturated carbocycles. The Labute approximate surface area is 103 Å². The van der Waals surface area contributed by atoms with Gasteiger partial charge in [-0.15, -0.1) is 0 Å². The fourth-order valence-electron chi connectivity index (χ4n) is 3.21. The first kappa shape index (κ1) is 11.2. The number of rotatable bonds is 3. The number of hydrogen-bond donors (Lipinski definition) is 1. The summed E-state index contributed by atoms with van der Waals surface area (Å²) < 4.78 is 2.13. The van der Waals surface area contributed by atoms with Gasteiger partial charge in [0.05, 0.1) is 0 Å². The van der Waals surface area contributed by atoms with Crippen molar-refractivity contribution in [3.05, 3.63) is 18.2 Å². The molecule has 0 unspecified atom stereocenters. The fraction of sp³-hybridized carbons (Fsp3) is 0.769. The summed E-state index contributed by atoms with van der Waals surface area (Å²) in [4.78, 5) is 6.99. The van der Waals surface area contributed by atoms with Crippen LogP contribution in [0.3, 0.4) is 0 Å². The summed E-state index contributed by atoms with van der Waals surface area (Å²) in [5.41, 5.74) is 0. The van der Waals surface area contributed by atoms with Crippen molar-refractivity contribution in [2.45, 2.75) is 25.3 Å². The van der Waals surface area contributed by atoms with E-state index in [-0.39, 0.29) is 0 Å². The van der Waals surface area contributed by atoms with E-state index in [1.165, 1.54) is 38.3 Å². The lowest BCUT2D eigenvalue weighted by atomic mass is 9.94. The molecule has 0 amide bonds. The second kappa shape index (κ2) is 4.78. The van der Waals surface area contributed by atoms with Gasteiger partial charge in [-0.3, -0.25) is 0 Å². The van der Waals surface area contributed by atoms with Crippen LogP contribution in [0.25, 0.3) is 0 Å². The summed E-state index contributed by atoms with van der Waals surface area (Å²) in [5.74, 6) is 2.10. The van der Waals surface area contributed by atoms with Crippen LogP contribution in [0, 0.1) is 5.92 Å². The second-order valence-corrected chi connectivity index (χ2v) is 5.43. The highest BCUT2D eigenvalue weighted by Crippen LogP contribution is 2.24. The van der Waals surface area contributed by atoms with Gasteiger partial charge in [0.25, 0.3) is 0 Å². The Kier molecular flexibility index (Phi) is 3.16. The Bertz CT molecular complexity index is 359. The molecule has 2 atom stereocenters. The molecule has 1 N–H and O–H groups in total. The van der Waals surface area contributed by atoms with Gasteiger partial charge >= 0.3 is 0 Å². The highest BCUT2D eigenvalue weighted by molar-refractivity contribution is 4.95. The summed E-state index contributed by atoms with van der Waals surface area (Å²) in [6, 6.07) is 0.755. The van der Waals surface area contributed by atoms with Crippen LogP contribution in [-0.2, 0) is 13.5 Å². The van der Waals surface area contributed by atoms with Crippen LogP contribution in [-0.4, -0.2) is 46.7 Å². The number of hydrogen-bond acceptors (Lipinski definition) is 3. The summed E-state index contributed by atoms with van der Waals surface area (Å²) in [6.07, 6.45) is 7.76. The minimum atomic E-state index is 0.755. The number of likely N-dealkylation sites (tertiary alicyclic amines) is 1. The summed E-state index contributed by atoms with van der Waals surface area (Å²) in [7, 11) is 2.08. The minimum Gasteiger partial charge on any atom is -0.338 e. The maximum atomic E-state index is 4.39. The molecule has 0 bridgehead atoms. The van der Waals surface area contributed by atoms with E-state index >= 15 is 0 Å². The number of aromatic nitrogens is 2. The van der Waals surface area contributed by atoms with E-state index in [2.05, 4.69) is 26.8 Å². The van der Waals surface area contributed by atoms with Crippen molar-refractivity contribution in [1.29, 1.82) is 0 Å². The lowest BCUT2D eigenvalue weighted by molar-refractivity contribution is 0.320. The molecule has 2 aliphatic rings. The molecule has 3 heterocycles. The van der Waals surface area contributed by atoms with Gasteiger partial charge in [-0.25, -0.2) is 4.98 Å². The Morgan fingerprint density at radius 3 is 3.18 bits per heavy atom. The van der Waals surface area contributed by atoms with Gasteiger partial charge in [0.1, 0.15) is 5.82 Å². The number of nitrogens with one attached hydrogen (secondary N) is 1. The monoisotopic (exact) mass is 234 g/mol. The third-order valence-corrected chi connectivity index (χ3v) is 4.25. The van der Waals surface area contributed by atoms with E-state index in [0.29, 0.717) is 0 Å². The highest BCUT2D eigenvalue weighted by atomic mass is 15.2. The Morgan fingerprint density at radius 1 is 1.47 bits per heavy atom. The van der Waals surface area contributed by atoms with Crippen LogP contribution >= 0.6 is 0 Å². The number of nitrogens with zero attached hydrogens (tertiary/aromatic N) is 3. The first-order valence-electron chi connectivity index (χ1n) is 6.75. The van der Waals surface area contributed by atoms with Crippen molar-refractivity contribution in [2.75, 3.05) is 26.2 Å². The Morgan fingerprint density at radius 2 is 2.41 bits per heavy atom. The van der Waals surface area contributed by atoms with Crippen LogP contribution in [0.5, 0.6) is 0 Å². The van der Waals surface area contributed by atoms with Gasteiger partial charge < -0.3 is 14.8 Å². The smallest absolute Gasteiger partial charge is 0.109 e. The first-order chi connectivity index (χ1) is 8.33. The molecule has 0 aromatic carbocycles. The predicted octanol–water partition coefficient (Wildman–Crippen LogP) is 0.646. The zero-order valence-corrected chi connectivity index (χ0v) is 10.6. The van der Waals surface area contributed by atoms with Gasteiger partial charge in [0, 0.05) is 51.5 Å². The molecule has 1 aromatic rings. The lowest BCUT2D eigenvalue weighted by Gasteiger charge is -2.24. The van der Waals surface area contributed by atoms with E-state index in [0.717, 1.165) is 24.9 Å². The van der Waals surface area contributed by atoms with Crippen LogP contribution in [0.2, 0.25) is 0 Å². The average molecular weight is 234 g/mol. The van der Waals surface area contributed by atoms with Crippen LogP contribution in [0.15, 0.2) is 12.4 Å². The largest absolute Gasteiger partial charge is 0.338 e. The highest BCUT2D eigenvalue weighted by Gasteiger charge is 2.33. The van der Waals surface area contributed by atoms with Gasteiger partial charge in [0.15, 0.2) is 0 Å². The zero-order valence-electron chi connectivity index (χ0n) is 10.6. The molecular weight excluding hydrogens is 212 g/mol. The topological polar surface area (TPSA) is 33.1 Å². The molecule has 4 nitrogen and oxygen atoms in total. The van der Waals surface area contributed by atoms with Crippen molar-refractivity contribution in [2.24, 2.45) is 13.0 Å². The molecule has 0 radical (unpaired) electrons. The zero-order chi connectivity index (χ0) is 11.7. The van der Waals surface area contributed by atoms with Crippen molar-refractivity contribution >= 4 is 0 Å². The van der Waals surface area contributed by atoms with Gasteiger partial charge in [0.2, 0.25) is 0 Å². The van der Waals surface area contributed by atoms with Crippen molar-refractivity contribution in [3.63, 3.8) is 0 Å². The van der Waals surface area contributed by atoms with Gasteiger partial charge in [-0.05, 0) is 25.3 Å². The van der Waals surface area contributed by atoms with Crippen molar-refractivity contribution < 1.29 is 0 Å². The van der Waals surface area contributed by atoms with Crippen LogP contribution < -0.4 is 5.32 Å². The molecule has 2 aliphatic heterocycles. The molecule has 1 aromatic heterocycles. The number of piperidine rings is 1. The molecular formula is C13H22N4. The van der Waals surface area contributed by atoms with E-state index in [4.69, 9.17) is 0 Å². The molecule has 17 heavy (non-hydrogen) atoms. The van der Waals surface area contributed by atoms with E-state index < -0.39 is 0 Å². The molecule has 0 spiro atoms. The Balaban J connectivity index is 1.52. The number of aryl methyl sites for hydroxylation is 1. The molecule has 2 fully saturated rings. The molecule has 2 saturated heterocycles. The first-order valence-corrected chi connectivity index (χ1v) is 6.75. The normalized spacial score (nSPS) is 29.5. The van der Waals surface area contributed by atoms with Crippen LogP contribution in [0.1, 0.15) is 18.7 Å². The van der Waals surface area contributed by atoms with Crippen molar-refractivity contribution in [3.8, 4) is 0 Å². The standard InChI is InChI=1S/C13H22N4/c1-16-8-6-15-13(16)4-7-17-9-11-3-2-5-14-12(11)10-17/h6,8,11-12,14H,2-5,7,9-10H2,1H3/t11-,12+/m0/s1. The third-order valence-electron chi connectivity index (χ3n) is 4.25. The summed E-state index contributed by atoms with van der Waals surface area (Å²) >= 11 is 0. The number of imidazole rings is 1. The average Bonchev–Trinajstić information content (AvgIpc) is 2.92. The SMILES string of the molecule is Cn1ccnc1CCN1C[C@@H]2CCCN[C@@H]2C1. The second-order valence-electron chi connectivity index (χ2n) is 5.43. The molecule has 0 aliphatic carbocycles. The molecule has 3 rings (SSSR count). The lowest BCUT2D eigenvalue weighted by Crippen LogP contribution is -2.40.